The van der Waals surface area contributed by atoms with E-state index in [1.54, 1.807) is 0 Å². The van der Waals surface area contributed by atoms with E-state index in [1.807, 2.05) is 31.2 Å². The van der Waals surface area contributed by atoms with E-state index in [4.69, 9.17) is 4.74 Å². The maximum Gasteiger partial charge on any atom is 0.309 e. The van der Waals surface area contributed by atoms with Crippen LogP contribution in [-0.2, 0) is 16.1 Å². The summed E-state index contributed by atoms with van der Waals surface area (Å²) in [7, 11) is 0. The second kappa shape index (κ2) is 8.56. The molecule has 0 heterocycles. The van der Waals surface area contributed by atoms with Gasteiger partial charge in [0.05, 0.1) is 6.61 Å². The number of hydrogen-bond acceptors (Lipinski definition) is 3. The number of nitrogens with one attached hydrogen (secondary N) is 2. The molecule has 0 radical (unpaired) electrons. The number of ether oxygens (including phenoxy) is 1. The first-order valence-corrected chi connectivity index (χ1v) is 8.39. The van der Waals surface area contributed by atoms with Crippen molar-refractivity contribution in [2.45, 2.75) is 52.1 Å². The molecule has 2 rings (SSSR count). The molecule has 1 saturated carbocycles. The molecule has 1 aliphatic rings. The highest BCUT2D eigenvalue weighted by Gasteiger charge is 2.22. The first-order chi connectivity index (χ1) is 11.1. The molecular formula is C18H26N2O3. The summed E-state index contributed by atoms with van der Waals surface area (Å²) in [5, 5.41) is 5.49. The van der Waals surface area contributed by atoms with E-state index in [9.17, 15) is 9.59 Å². The van der Waals surface area contributed by atoms with Crippen molar-refractivity contribution in [1.29, 1.82) is 0 Å². The van der Waals surface area contributed by atoms with E-state index >= 15 is 0 Å². The third-order valence-corrected chi connectivity index (χ3v) is 4.24. The molecule has 0 aliphatic heterocycles. The SMILES string of the molecule is CCOc1ccc(CNC(=O)C(=O)NC2CCC(C)CC2)cc1. The van der Waals surface area contributed by atoms with Gasteiger partial charge in [-0.3, -0.25) is 9.59 Å². The van der Waals surface area contributed by atoms with Gasteiger partial charge in [-0.05, 0) is 56.2 Å². The Morgan fingerprint density at radius 3 is 2.35 bits per heavy atom. The van der Waals surface area contributed by atoms with Crippen LogP contribution < -0.4 is 15.4 Å². The van der Waals surface area contributed by atoms with E-state index in [0.717, 1.165) is 42.9 Å². The average Bonchev–Trinajstić information content (AvgIpc) is 2.56. The number of carbonyl (C=O) groups excluding carboxylic acids is 2. The van der Waals surface area contributed by atoms with Crippen molar-refractivity contribution >= 4 is 11.8 Å². The Balaban J connectivity index is 1.74. The van der Waals surface area contributed by atoms with Crippen molar-refractivity contribution < 1.29 is 14.3 Å². The highest BCUT2D eigenvalue weighted by atomic mass is 16.5. The van der Waals surface area contributed by atoms with Crippen LogP contribution in [0.4, 0.5) is 0 Å². The number of hydrogen-bond donors (Lipinski definition) is 2. The summed E-state index contributed by atoms with van der Waals surface area (Å²) in [5.74, 6) is 0.413. The first-order valence-electron chi connectivity index (χ1n) is 8.39. The van der Waals surface area contributed by atoms with Crippen molar-refractivity contribution in [2.24, 2.45) is 5.92 Å². The second-order valence-electron chi connectivity index (χ2n) is 6.19. The third kappa shape index (κ3) is 5.58. The lowest BCUT2D eigenvalue weighted by Crippen LogP contribution is -2.45. The van der Waals surface area contributed by atoms with Crippen molar-refractivity contribution in [3.05, 3.63) is 29.8 Å². The lowest BCUT2D eigenvalue weighted by atomic mass is 9.87. The van der Waals surface area contributed by atoms with Crippen LogP contribution in [-0.4, -0.2) is 24.5 Å². The number of carbonyl (C=O) groups is 2. The van der Waals surface area contributed by atoms with Gasteiger partial charge in [0.2, 0.25) is 0 Å². The molecule has 0 aromatic heterocycles. The monoisotopic (exact) mass is 318 g/mol. The minimum atomic E-state index is -0.572. The smallest absolute Gasteiger partial charge is 0.309 e. The summed E-state index contributed by atoms with van der Waals surface area (Å²) in [6.45, 7) is 5.11. The molecule has 5 nitrogen and oxygen atoms in total. The van der Waals surface area contributed by atoms with E-state index in [2.05, 4.69) is 17.6 Å². The molecule has 0 spiro atoms. The zero-order valence-electron chi connectivity index (χ0n) is 13.9. The highest BCUT2D eigenvalue weighted by molar-refractivity contribution is 6.35. The number of amides is 2. The Morgan fingerprint density at radius 2 is 1.74 bits per heavy atom. The van der Waals surface area contributed by atoms with Crippen LogP contribution in [0.25, 0.3) is 0 Å². The summed E-state index contributed by atoms with van der Waals surface area (Å²) in [6.07, 6.45) is 4.13. The minimum Gasteiger partial charge on any atom is -0.494 e. The largest absolute Gasteiger partial charge is 0.494 e. The fourth-order valence-corrected chi connectivity index (χ4v) is 2.79. The molecule has 0 atom stereocenters. The van der Waals surface area contributed by atoms with Gasteiger partial charge in [-0.2, -0.15) is 0 Å². The lowest BCUT2D eigenvalue weighted by molar-refractivity contribution is -0.139. The van der Waals surface area contributed by atoms with Gasteiger partial charge in [0.15, 0.2) is 0 Å². The Labute approximate surface area is 137 Å². The zero-order valence-corrected chi connectivity index (χ0v) is 13.9. The zero-order chi connectivity index (χ0) is 16.7. The molecule has 1 aliphatic carbocycles. The predicted molar refractivity (Wildman–Crippen MR) is 89.0 cm³/mol. The van der Waals surface area contributed by atoms with Gasteiger partial charge in [-0.25, -0.2) is 0 Å². The molecule has 23 heavy (non-hydrogen) atoms. The van der Waals surface area contributed by atoms with Crippen molar-refractivity contribution in [1.82, 2.24) is 10.6 Å². The molecular weight excluding hydrogens is 292 g/mol. The normalized spacial score (nSPS) is 20.6. The number of rotatable bonds is 5. The maximum atomic E-state index is 11.9. The Kier molecular flexibility index (Phi) is 6.44. The van der Waals surface area contributed by atoms with Gasteiger partial charge in [0, 0.05) is 12.6 Å². The van der Waals surface area contributed by atoms with Crippen molar-refractivity contribution in [3.63, 3.8) is 0 Å². The van der Waals surface area contributed by atoms with Gasteiger partial charge >= 0.3 is 11.8 Å². The first kappa shape index (κ1) is 17.3. The molecule has 1 aromatic rings. The molecule has 0 bridgehead atoms. The number of benzene rings is 1. The van der Waals surface area contributed by atoms with Gasteiger partial charge in [0.1, 0.15) is 5.75 Å². The van der Waals surface area contributed by atoms with Crippen LogP contribution in [0.1, 0.15) is 45.1 Å². The van der Waals surface area contributed by atoms with E-state index in [-0.39, 0.29) is 6.04 Å². The quantitative estimate of drug-likeness (QED) is 0.819. The third-order valence-electron chi connectivity index (χ3n) is 4.24. The fraction of sp³-hybridized carbons (Fsp3) is 0.556. The van der Waals surface area contributed by atoms with E-state index in [1.165, 1.54) is 0 Å². The van der Waals surface area contributed by atoms with Crippen LogP contribution in [0.2, 0.25) is 0 Å². The standard InChI is InChI=1S/C18H26N2O3/c1-3-23-16-10-6-14(7-11-16)12-19-17(21)18(22)20-15-8-4-13(2)5-9-15/h6-7,10-11,13,15H,3-5,8-9,12H2,1-2H3,(H,19,21)(H,20,22). The Bertz CT molecular complexity index is 520. The second-order valence-corrected chi connectivity index (χ2v) is 6.19. The van der Waals surface area contributed by atoms with Crippen molar-refractivity contribution in [3.8, 4) is 5.75 Å². The average molecular weight is 318 g/mol. The molecule has 2 amide bonds. The summed E-state index contributed by atoms with van der Waals surface area (Å²) in [4.78, 5) is 23.8. The molecule has 126 valence electrons. The topological polar surface area (TPSA) is 67.4 Å². The van der Waals surface area contributed by atoms with E-state index < -0.39 is 11.8 Å². The summed E-state index contributed by atoms with van der Waals surface area (Å²) in [6, 6.07) is 7.61. The fourth-order valence-electron chi connectivity index (χ4n) is 2.79. The van der Waals surface area contributed by atoms with Crippen LogP contribution in [0, 0.1) is 5.92 Å². The van der Waals surface area contributed by atoms with Gasteiger partial charge in [-0.15, -0.1) is 0 Å². The van der Waals surface area contributed by atoms with Crippen LogP contribution >= 0.6 is 0 Å². The van der Waals surface area contributed by atoms with Crippen LogP contribution in [0.5, 0.6) is 5.75 Å². The van der Waals surface area contributed by atoms with Crippen molar-refractivity contribution in [2.75, 3.05) is 6.61 Å². The van der Waals surface area contributed by atoms with Gasteiger partial charge in [0.25, 0.3) is 0 Å². The highest BCUT2D eigenvalue weighted by Crippen LogP contribution is 2.23. The van der Waals surface area contributed by atoms with E-state index in [0.29, 0.717) is 13.2 Å². The molecule has 1 fully saturated rings. The molecule has 0 saturated heterocycles. The summed E-state index contributed by atoms with van der Waals surface area (Å²) >= 11 is 0. The summed E-state index contributed by atoms with van der Waals surface area (Å²) in [5.41, 5.74) is 0.932. The molecule has 0 unspecified atom stereocenters. The predicted octanol–water partition coefficient (Wildman–Crippen LogP) is 2.40. The van der Waals surface area contributed by atoms with Gasteiger partial charge in [-0.1, -0.05) is 19.1 Å². The van der Waals surface area contributed by atoms with Crippen LogP contribution in [0.15, 0.2) is 24.3 Å². The Morgan fingerprint density at radius 1 is 1.09 bits per heavy atom. The van der Waals surface area contributed by atoms with Gasteiger partial charge < -0.3 is 15.4 Å². The molecule has 1 aromatic carbocycles. The molecule has 5 heteroatoms. The molecule has 2 N–H and O–H groups in total. The van der Waals surface area contributed by atoms with Crippen LogP contribution in [0.3, 0.4) is 0 Å². The lowest BCUT2D eigenvalue weighted by Gasteiger charge is -2.26. The maximum absolute atomic E-state index is 11.9. The Hall–Kier alpha value is -2.04. The summed E-state index contributed by atoms with van der Waals surface area (Å²) < 4.78 is 5.37. The minimum absolute atomic E-state index is 0.134.